The molecule has 0 amide bonds. The van der Waals surface area contributed by atoms with Crippen molar-refractivity contribution in [3.05, 3.63) is 89.5 Å². The van der Waals surface area contributed by atoms with E-state index in [0.717, 1.165) is 25.9 Å². The molecule has 1 aromatic heterocycles. The average molecular weight is 586 g/mol. The molecular formula is C41H65N2+. The molecule has 2 nitrogen and oxygen atoms in total. The van der Waals surface area contributed by atoms with E-state index in [1.54, 1.807) is 0 Å². The second kappa shape index (κ2) is 22.2. The highest BCUT2D eigenvalue weighted by molar-refractivity contribution is 5.22. The molecule has 3 rings (SSSR count). The molecule has 2 heteroatoms. The molecule has 0 aliphatic carbocycles. The summed E-state index contributed by atoms with van der Waals surface area (Å²) in [6, 6.07) is 22.3. The van der Waals surface area contributed by atoms with Gasteiger partial charge in [-0.2, -0.15) is 0 Å². The van der Waals surface area contributed by atoms with Crippen LogP contribution in [-0.2, 0) is 25.9 Å². The molecule has 0 saturated heterocycles. The van der Waals surface area contributed by atoms with E-state index in [1.807, 2.05) is 0 Å². The first-order valence-corrected chi connectivity index (χ1v) is 18.4. The fraction of sp³-hybridized carbons (Fsp3) is 0.634. The van der Waals surface area contributed by atoms with Crippen molar-refractivity contribution in [3.63, 3.8) is 0 Å². The molecule has 0 aliphatic rings. The second-order valence-corrected chi connectivity index (χ2v) is 13.2. The fourth-order valence-electron chi connectivity index (χ4n) is 6.64. The molecule has 0 spiro atoms. The zero-order chi connectivity index (χ0) is 30.4. The summed E-state index contributed by atoms with van der Waals surface area (Å²) in [7, 11) is 0. The van der Waals surface area contributed by atoms with Crippen LogP contribution in [0.2, 0.25) is 0 Å². The third-order valence-electron chi connectivity index (χ3n) is 9.37. The number of hydrogen-bond donors (Lipinski definition) is 0. The first kappa shape index (κ1) is 35.1. The van der Waals surface area contributed by atoms with Crippen molar-refractivity contribution in [2.45, 2.75) is 168 Å². The number of hydrogen-bond acceptors (Lipinski definition) is 0. The van der Waals surface area contributed by atoms with Crippen LogP contribution in [0.15, 0.2) is 66.9 Å². The van der Waals surface area contributed by atoms with Crippen LogP contribution >= 0.6 is 0 Å². The number of benzene rings is 2. The molecule has 1 atom stereocenters. The van der Waals surface area contributed by atoms with Crippen molar-refractivity contribution in [1.82, 2.24) is 4.57 Å². The predicted octanol–water partition coefficient (Wildman–Crippen LogP) is 11.8. The Hall–Kier alpha value is -2.35. The highest BCUT2D eigenvalue weighted by atomic mass is 15.2. The molecule has 0 N–H and O–H groups in total. The number of nitrogens with zero attached hydrogens (tertiary/aromatic N) is 2. The lowest BCUT2D eigenvalue weighted by Crippen LogP contribution is -2.37. The first-order chi connectivity index (χ1) is 21.2. The van der Waals surface area contributed by atoms with E-state index in [2.05, 4.69) is 96.8 Å². The maximum Gasteiger partial charge on any atom is 0.261 e. The Balaban J connectivity index is 1.68. The van der Waals surface area contributed by atoms with Gasteiger partial charge in [-0.15, -0.1) is 0 Å². The Morgan fingerprint density at radius 2 is 1.07 bits per heavy atom. The van der Waals surface area contributed by atoms with E-state index in [0.29, 0.717) is 5.92 Å². The molecule has 0 fully saturated rings. The van der Waals surface area contributed by atoms with Gasteiger partial charge in [0.25, 0.3) is 5.82 Å². The summed E-state index contributed by atoms with van der Waals surface area (Å²) in [6.45, 7) is 9.32. The van der Waals surface area contributed by atoms with Gasteiger partial charge in [0.15, 0.2) is 0 Å². The standard InChI is InChI=1S/C41H65N2/c1-4-6-8-10-12-14-15-16-18-26-32-42-36-40(34-37(3)39-30-24-21-25-31-39)43(33-27-19-17-13-11-9-7-5-2)41(42)35-38-28-22-20-23-29-38/h20-25,28-31,36-37H,4-19,26-27,32-35H2,1-3H3/q+1. The Bertz CT molecular complexity index is 1070. The average Bonchev–Trinajstić information content (AvgIpc) is 3.35. The summed E-state index contributed by atoms with van der Waals surface area (Å²) < 4.78 is 5.38. The molecule has 238 valence electrons. The van der Waals surface area contributed by atoms with Gasteiger partial charge in [0, 0.05) is 6.42 Å². The third-order valence-corrected chi connectivity index (χ3v) is 9.37. The fourth-order valence-corrected chi connectivity index (χ4v) is 6.64. The molecule has 0 saturated carbocycles. The van der Waals surface area contributed by atoms with Crippen LogP contribution in [0.3, 0.4) is 0 Å². The van der Waals surface area contributed by atoms with Crippen LogP contribution in [0.25, 0.3) is 0 Å². The van der Waals surface area contributed by atoms with E-state index >= 15 is 0 Å². The maximum atomic E-state index is 2.74. The minimum absolute atomic E-state index is 0.517. The van der Waals surface area contributed by atoms with Gasteiger partial charge >= 0.3 is 0 Å². The topological polar surface area (TPSA) is 8.81 Å². The summed E-state index contributed by atoms with van der Waals surface area (Å²) >= 11 is 0. The smallest absolute Gasteiger partial charge is 0.234 e. The monoisotopic (exact) mass is 586 g/mol. The van der Waals surface area contributed by atoms with E-state index < -0.39 is 0 Å². The lowest BCUT2D eigenvalue weighted by Gasteiger charge is -2.12. The summed E-state index contributed by atoms with van der Waals surface area (Å²) in [5, 5.41) is 0. The van der Waals surface area contributed by atoms with E-state index in [4.69, 9.17) is 0 Å². The van der Waals surface area contributed by atoms with Crippen LogP contribution in [0.4, 0.5) is 0 Å². The molecule has 0 radical (unpaired) electrons. The Kier molecular flexibility index (Phi) is 18.1. The molecule has 3 aromatic rings. The third kappa shape index (κ3) is 13.9. The van der Waals surface area contributed by atoms with Crippen LogP contribution < -0.4 is 4.57 Å². The maximum absolute atomic E-state index is 2.74. The van der Waals surface area contributed by atoms with Gasteiger partial charge in [0.05, 0.1) is 19.5 Å². The summed E-state index contributed by atoms with van der Waals surface area (Å²) in [5.74, 6) is 2.03. The van der Waals surface area contributed by atoms with Crippen molar-refractivity contribution in [2.24, 2.45) is 0 Å². The van der Waals surface area contributed by atoms with Gasteiger partial charge in [-0.25, -0.2) is 9.13 Å². The summed E-state index contributed by atoms with van der Waals surface area (Å²) in [6.07, 6.45) is 29.6. The van der Waals surface area contributed by atoms with Crippen LogP contribution in [0.1, 0.15) is 165 Å². The van der Waals surface area contributed by atoms with Gasteiger partial charge in [-0.05, 0) is 42.7 Å². The van der Waals surface area contributed by atoms with Gasteiger partial charge in [-0.1, -0.05) is 171 Å². The van der Waals surface area contributed by atoms with Crippen LogP contribution in [0, 0.1) is 0 Å². The van der Waals surface area contributed by atoms with Gasteiger partial charge < -0.3 is 0 Å². The minimum Gasteiger partial charge on any atom is -0.234 e. The highest BCUT2D eigenvalue weighted by Gasteiger charge is 2.25. The molecular weight excluding hydrogens is 520 g/mol. The number of imidazole rings is 1. The second-order valence-electron chi connectivity index (χ2n) is 13.2. The number of aryl methyl sites for hydroxylation is 1. The Morgan fingerprint density at radius 3 is 1.63 bits per heavy atom. The van der Waals surface area contributed by atoms with Crippen molar-refractivity contribution in [2.75, 3.05) is 0 Å². The Labute approximate surface area is 266 Å². The highest BCUT2D eigenvalue weighted by Crippen LogP contribution is 2.23. The van der Waals surface area contributed by atoms with Gasteiger partial charge in [0.2, 0.25) is 0 Å². The minimum atomic E-state index is 0.517. The molecule has 2 aromatic carbocycles. The van der Waals surface area contributed by atoms with Crippen LogP contribution in [0.5, 0.6) is 0 Å². The molecule has 0 bridgehead atoms. The molecule has 1 heterocycles. The lowest BCUT2D eigenvalue weighted by atomic mass is 9.96. The Morgan fingerprint density at radius 1 is 0.581 bits per heavy atom. The van der Waals surface area contributed by atoms with Gasteiger partial charge in [0.1, 0.15) is 11.9 Å². The number of aromatic nitrogens is 2. The number of unbranched alkanes of at least 4 members (excludes halogenated alkanes) is 16. The summed E-state index contributed by atoms with van der Waals surface area (Å²) in [5.41, 5.74) is 4.41. The zero-order valence-electron chi connectivity index (χ0n) is 28.4. The first-order valence-electron chi connectivity index (χ1n) is 18.4. The van der Waals surface area contributed by atoms with Gasteiger partial charge in [-0.3, -0.25) is 0 Å². The van der Waals surface area contributed by atoms with Crippen molar-refractivity contribution in [3.8, 4) is 0 Å². The van der Waals surface area contributed by atoms with E-state index in [1.165, 1.54) is 138 Å². The van der Waals surface area contributed by atoms with Crippen molar-refractivity contribution in [1.29, 1.82) is 0 Å². The van der Waals surface area contributed by atoms with E-state index in [-0.39, 0.29) is 0 Å². The molecule has 0 aliphatic heterocycles. The lowest BCUT2D eigenvalue weighted by molar-refractivity contribution is -0.704. The quantitative estimate of drug-likeness (QED) is 0.0690. The summed E-state index contributed by atoms with van der Waals surface area (Å²) in [4.78, 5) is 0. The van der Waals surface area contributed by atoms with Crippen molar-refractivity contribution >= 4 is 0 Å². The largest absolute Gasteiger partial charge is 0.261 e. The SMILES string of the molecule is CCCCCCCCCCCC[n+]1cc(CC(C)c2ccccc2)n(CCCCCCCCCC)c1Cc1ccccc1. The van der Waals surface area contributed by atoms with E-state index in [9.17, 15) is 0 Å². The zero-order valence-corrected chi connectivity index (χ0v) is 28.4. The molecule has 43 heavy (non-hydrogen) atoms. The van der Waals surface area contributed by atoms with Crippen LogP contribution in [-0.4, -0.2) is 4.57 Å². The van der Waals surface area contributed by atoms with Crippen molar-refractivity contribution < 1.29 is 4.57 Å². The predicted molar refractivity (Wildman–Crippen MR) is 187 cm³/mol. The normalized spacial score (nSPS) is 12.2. The number of rotatable bonds is 25. The molecule has 1 unspecified atom stereocenters.